The predicted molar refractivity (Wildman–Crippen MR) is 53.0 cm³/mol. The van der Waals surface area contributed by atoms with Crippen LogP contribution in [0.25, 0.3) is 0 Å². The van der Waals surface area contributed by atoms with Crippen LogP contribution in [-0.4, -0.2) is 9.97 Å². The second kappa shape index (κ2) is 3.83. The maximum absolute atomic E-state index is 6.08. The van der Waals surface area contributed by atoms with E-state index in [-0.39, 0.29) is 11.5 Å². The fraction of sp³-hybridized carbons (Fsp3) is 0.600. The highest BCUT2D eigenvalue weighted by atomic mass is 14.8. The zero-order chi connectivity index (χ0) is 9.90. The first kappa shape index (κ1) is 10.1. The van der Waals surface area contributed by atoms with Gasteiger partial charge in [0.05, 0.1) is 11.7 Å². The molecular formula is C10H17N3. The van der Waals surface area contributed by atoms with Crippen molar-refractivity contribution < 1.29 is 0 Å². The molecule has 3 nitrogen and oxygen atoms in total. The van der Waals surface area contributed by atoms with E-state index in [2.05, 4.69) is 30.7 Å². The molecule has 72 valence electrons. The van der Waals surface area contributed by atoms with E-state index in [1.807, 2.05) is 0 Å². The van der Waals surface area contributed by atoms with Gasteiger partial charge in [0, 0.05) is 18.6 Å². The summed E-state index contributed by atoms with van der Waals surface area (Å²) in [6.45, 7) is 6.43. The lowest BCUT2D eigenvalue weighted by Crippen LogP contribution is -2.29. The summed E-state index contributed by atoms with van der Waals surface area (Å²) in [5.74, 6) is 0. The van der Waals surface area contributed by atoms with E-state index in [1.165, 1.54) is 0 Å². The smallest absolute Gasteiger partial charge is 0.0759 e. The molecule has 0 aliphatic heterocycles. The lowest BCUT2D eigenvalue weighted by Gasteiger charge is -2.29. The molecule has 1 aromatic heterocycles. The van der Waals surface area contributed by atoms with Crippen LogP contribution >= 0.6 is 0 Å². The third-order valence-corrected chi connectivity index (χ3v) is 2.65. The largest absolute Gasteiger partial charge is 0.322 e. The number of rotatable bonds is 3. The standard InChI is InChI=1S/C10H17N3/c1-4-10(2,3)9(11)8-7-12-5-6-13-8/h5-7,9H,4,11H2,1-3H3. The van der Waals surface area contributed by atoms with E-state index in [4.69, 9.17) is 5.73 Å². The van der Waals surface area contributed by atoms with Crippen molar-refractivity contribution in [2.24, 2.45) is 11.1 Å². The second-order valence-electron chi connectivity index (χ2n) is 3.95. The number of nitrogens with two attached hydrogens (primary N) is 1. The molecule has 0 saturated carbocycles. The Balaban J connectivity index is 2.85. The molecule has 1 rings (SSSR count). The van der Waals surface area contributed by atoms with Gasteiger partial charge >= 0.3 is 0 Å². The Hall–Kier alpha value is -0.960. The highest BCUT2D eigenvalue weighted by Crippen LogP contribution is 2.32. The third-order valence-electron chi connectivity index (χ3n) is 2.65. The van der Waals surface area contributed by atoms with Crippen LogP contribution in [0.4, 0.5) is 0 Å². The minimum atomic E-state index is -0.0359. The van der Waals surface area contributed by atoms with Gasteiger partial charge < -0.3 is 5.73 Å². The molecule has 2 N–H and O–H groups in total. The summed E-state index contributed by atoms with van der Waals surface area (Å²) in [6, 6.07) is -0.0359. The summed E-state index contributed by atoms with van der Waals surface area (Å²) >= 11 is 0. The molecule has 0 fully saturated rings. The first-order chi connectivity index (χ1) is 6.08. The Morgan fingerprint density at radius 3 is 2.62 bits per heavy atom. The first-order valence-electron chi connectivity index (χ1n) is 4.59. The summed E-state index contributed by atoms with van der Waals surface area (Å²) in [6.07, 6.45) is 6.11. The number of hydrogen-bond donors (Lipinski definition) is 1. The molecule has 1 atom stereocenters. The van der Waals surface area contributed by atoms with Gasteiger partial charge in [0.25, 0.3) is 0 Å². The molecule has 0 bridgehead atoms. The van der Waals surface area contributed by atoms with Gasteiger partial charge in [-0.2, -0.15) is 0 Å². The fourth-order valence-electron chi connectivity index (χ4n) is 1.09. The molecule has 1 aromatic rings. The zero-order valence-corrected chi connectivity index (χ0v) is 8.49. The van der Waals surface area contributed by atoms with E-state index in [9.17, 15) is 0 Å². The van der Waals surface area contributed by atoms with Gasteiger partial charge in [0.1, 0.15) is 0 Å². The summed E-state index contributed by atoms with van der Waals surface area (Å²) in [4.78, 5) is 8.22. The van der Waals surface area contributed by atoms with E-state index < -0.39 is 0 Å². The van der Waals surface area contributed by atoms with Crippen LogP contribution in [0.15, 0.2) is 18.6 Å². The topological polar surface area (TPSA) is 51.8 Å². The van der Waals surface area contributed by atoms with Crippen LogP contribution in [0.5, 0.6) is 0 Å². The Morgan fingerprint density at radius 2 is 2.15 bits per heavy atom. The van der Waals surface area contributed by atoms with Crippen molar-refractivity contribution in [2.75, 3.05) is 0 Å². The average Bonchev–Trinajstić information content (AvgIpc) is 2.18. The Labute approximate surface area is 79.4 Å². The molecule has 0 spiro atoms. The third kappa shape index (κ3) is 2.25. The van der Waals surface area contributed by atoms with Gasteiger partial charge in [-0.15, -0.1) is 0 Å². The minimum Gasteiger partial charge on any atom is -0.322 e. The molecule has 0 amide bonds. The summed E-state index contributed by atoms with van der Waals surface area (Å²) in [5.41, 5.74) is 7.03. The molecule has 1 unspecified atom stereocenters. The van der Waals surface area contributed by atoms with Crippen LogP contribution in [0.1, 0.15) is 38.9 Å². The first-order valence-corrected chi connectivity index (χ1v) is 4.59. The molecule has 0 aromatic carbocycles. The highest BCUT2D eigenvalue weighted by Gasteiger charge is 2.26. The summed E-state index contributed by atoms with van der Waals surface area (Å²) in [5, 5.41) is 0. The van der Waals surface area contributed by atoms with Crippen molar-refractivity contribution >= 4 is 0 Å². The average molecular weight is 179 g/mol. The van der Waals surface area contributed by atoms with Gasteiger partial charge in [0.15, 0.2) is 0 Å². The normalized spacial score (nSPS) is 14.2. The molecule has 1 heterocycles. The van der Waals surface area contributed by atoms with Crippen LogP contribution in [0.3, 0.4) is 0 Å². The number of nitrogens with zero attached hydrogens (tertiary/aromatic N) is 2. The molecule has 3 heteroatoms. The van der Waals surface area contributed by atoms with Crippen molar-refractivity contribution in [3.63, 3.8) is 0 Å². The molecule has 13 heavy (non-hydrogen) atoms. The van der Waals surface area contributed by atoms with Gasteiger partial charge in [-0.1, -0.05) is 20.8 Å². The van der Waals surface area contributed by atoms with Gasteiger partial charge in [0.2, 0.25) is 0 Å². The molecule has 0 aliphatic rings. The SMILES string of the molecule is CCC(C)(C)C(N)c1cnccn1. The Morgan fingerprint density at radius 1 is 1.46 bits per heavy atom. The van der Waals surface area contributed by atoms with Crippen LogP contribution < -0.4 is 5.73 Å². The zero-order valence-electron chi connectivity index (χ0n) is 8.49. The Bertz CT molecular complexity index is 256. The maximum Gasteiger partial charge on any atom is 0.0759 e. The van der Waals surface area contributed by atoms with Crippen molar-refractivity contribution in [3.05, 3.63) is 24.3 Å². The monoisotopic (exact) mass is 179 g/mol. The maximum atomic E-state index is 6.08. The van der Waals surface area contributed by atoms with Gasteiger partial charge in [-0.3, -0.25) is 9.97 Å². The van der Waals surface area contributed by atoms with E-state index in [0.29, 0.717) is 0 Å². The predicted octanol–water partition coefficient (Wildman–Crippen LogP) is 1.91. The van der Waals surface area contributed by atoms with E-state index in [1.54, 1.807) is 18.6 Å². The molecule has 0 saturated heterocycles. The molecule has 0 aliphatic carbocycles. The van der Waals surface area contributed by atoms with Crippen LogP contribution in [0, 0.1) is 5.41 Å². The summed E-state index contributed by atoms with van der Waals surface area (Å²) < 4.78 is 0. The van der Waals surface area contributed by atoms with Crippen molar-refractivity contribution in [2.45, 2.75) is 33.2 Å². The van der Waals surface area contributed by atoms with Crippen molar-refractivity contribution in [1.82, 2.24) is 9.97 Å². The number of hydrogen-bond acceptors (Lipinski definition) is 3. The Kier molecular flexibility index (Phi) is 2.98. The molecule has 0 radical (unpaired) electrons. The summed E-state index contributed by atoms with van der Waals surface area (Å²) in [7, 11) is 0. The molecular weight excluding hydrogens is 162 g/mol. The van der Waals surface area contributed by atoms with E-state index in [0.717, 1.165) is 12.1 Å². The lowest BCUT2D eigenvalue weighted by molar-refractivity contribution is 0.273. The van der Waals surface area contributed by atoms with Crippen LogP contribution in [-0.2, 0) is 0 Å². The lowest BCUT2D eigenvalue weighted by atomic mass is 9.81. The van der Waals surface area contributed by atoms with E-state index >= 15 is 0 Å². The number of aromatic nitrogens is 2. The van der Waals surface area contributed by atoms with Crippen molar-refractivity contribution in [1.29, 1.82) is 0 Å². The quantitative estimate of drug-likeness (QED) is 0.771. The minimum absolute atomic E-state index is 0.0359. The van der Waals surface area contributed by atoms with Crippen LogP contribution in [0.2, 0.25) is 0 Å². The van der Waals surface area contributed by atoms with Crippen molar-refractivity contribution in [3.8, 4) is 0 Å². The highest BCUT2D eigenvalue weighted by molar-refractivity contribution is 5.05. The fourth-order valence-corrected chi connectivity index (χ4v) is 1.09. The van der Waals surface area contributed by atoms with Gasteiger partial charge in [-0.05, 0) is 11.8 Å². The van der Waals surface area contributed by atoms with Gasteiger partial charge in [-0.25, -0.2) is 0 Å². The second-order valence-corrected chi connectivity index (χ2v) is 3.95.